The zero-order chi connectivity index (χ0) is 22.6. The number of aromatic amines is 1. The topological polar surface area (TPSA) is 148 Å². The van der Waals surface area contributed by atoms with E-state index in [2.05, 4.69) is 25.6 Å². The van der Waals surface area contributed by atoms with E-state index in [9.17, 15) is 18.5 Å². The molecule has 0 amide bonds. The number of hydrogen-bond donors (Lipinski definition) is 1. The van der Waals surface area contributed by atoms with E-state index in [1.807, 2.05) is 0 Å². The van der Waals surface area contributed by atoms with Crippen molar-refractivity contribution in [1.82, 2.24) is 29.9 Å². The van der Waals surface area contributed by atoms with E-state index in [4.69, 9.17) is 0 Å². The smallest absolute Gasteiger partial charge is 0.260 e. The van der Waals surface area contributed by atoms with Crippen molar-refractivity contribution in [2.45, 2.75) is 18.0 Å². The molecule has 32 heavy (non-hydrogen) atoms. The number of nitrogens with one attached hydrogen (secondary N) is 1. The number of H-pyrrole nitrogens is 1. The van der Waals surface area contributed by atoms with Gasteiger partial charge in [-0.05, 0) is 34.2 Å². The Hall–Kier alpha value is -4.03. The summed E-state index contributed by atoms with van der Waals surface area (Å²) in [7, 11) is -4.06. The van der Waals surface area contributed by atoms with Crippen LogP contribution in [0.4, 0.5) is 5.69 Å². The number of benzene rings is 2. The number of nitrogens with zero attached hydrogens (tertiary/aromatic N) is 6. The van der Waals surface area contributed by atoms with Crippen molar-refractivity contribution in [3.05, 3.63) is 94.3 Å². The number of rotatable bonds is 8. The normalized spacial score (nSPS) is 11.5. The summed E-state index contributed by atoms with van der Waals surface area (Å²) in [5.41, 5.74) is 1.71. The molecular weight excluding hydrogens is 434 g/mol. The number of tetrazole rings is 1. The summed E-state index contributed by atoms with van der Waals surface area (Å²) in [5.74, 6) is 0.492. The maximum absolute atomic E-state index is 13.4. The van der Waals surface area contributed by atoms with Crippen molar-refractivity contribution in [2.75, 3.05) is 0 Å². The summed E-state index contributed by atoms with van der Waals surface area (Å²) in [6.45, 7) is 0.0379. The minimum absolute atomic E-state index is 0.000357. The molecule has 1 N–H and O–H groups in total. The second kappa shape index (κ2) is 8.99. The number of aromatic nitrogens is 5. The first-order chi connectivity index (χ1) is 15.4. The average Bonchev–Trinajstić information content (AvgIpc) is 3.35. The maximum Gasteiger partial charge on any atom is 0.270 e. The summed E-state index contributed by atoms with van der Waals surface area (Å²) in [5, 5.41) is 24.7. The third-order valence-electron chi connectivity index (χ3n) is 4.66. The fourth-order valence-electron chi connectivity index (χ4n) is 3.06. The van der Waals surface area contributed by atoms with Crippen LogP contribution in [-0.2, 0) is 23.1 Å². The summed E-state index contributed by atoms with van der Waals surface area (Å²) in [4.78, 5) is 14.6. The third kappa shape index (κ3) is 4.66. The van der Waals surface area contributed by atoms with Crippen LogP contribution in [0.2, 0.25) is 0 Å². The van der Waals surface area contributed by atoms with Crippen LogP contribution in [0.1, 0.15) is 11.3 Å². The van der Waals surface area contributed by atoms with Crippen LogP contribution in [0.25, 0.3) is 11.4 Å². The van der Waals surface area contributed by atoms with Gasteiger partial charge in [-0.15, -0.1) is 5.10 Å². The Kier molecular flexibility index (Phi) is 5.96. The highest BCUT2D eigenvalue weighted by Crippen LogP contribution is 2.24. The van der Waals surface area contributed by atoms with Gasteiger partial charge in [-0.3, -0.25) is 15.1 Å². The van der Waals surface area contributed by atoms with Gasteiger partial charge in [0.05, 0.1) is 22.1 Å². The van der Waals surface area contributed by atoms with Crippen molar-refractivity contribution in [1.29, 1.82) is 0 Å². The molecule has 4 rings (SSSR count). The molecule has 0 radical (unpaired) electrons. The predicted octanol–water partition coefficient (Wildman–Crippen LogP) is 2.56. The fourth-order valence-corrected chi connectivity index (χ4v) is 4.50. The van der Waals surface area contributed by atoms with Crippen LogP contribution in [0, 0.1) is 10.1 Å². The summed E-state index contributed by atoms with van der Waals surface area (Å²) in [6.07, 6.45) is 1.58. The molecule has 0 fully saturated rings. The second-order valence-corrected chi connectivity index (χ2v) is 8.73. The molecule has 0 saturated carbocycles. The molecule has 0 atom stereocenters. The highest BCUT2D eigenvalue weighted by atomic mass is 32.2. The second-order valence-electron chi connectivity index (χ2n) is 6.80. The lowest BCUT2D eigenvalue weighted by atomic mass is 10.1. The van der Waals surface area contributed by atoms with Gasteiger partial charge < -0.3 is 0 Å². The largest absolute Gasteiger partial charge is 0.270 e. The Morgan fingerprint density at radius 3 is 2.47 bits per heavy atom. The highest BCUT2D eigenvalue weighted by molar-refractivity contribution is 7.89. The number of nitro groups is 1. The Bertz CT molecular complexity index is 1310. The lowest BCUT2D eigenvalue weighted by Gasteiger charge is -2.22. The van der Waals surface area contributed by atoms with Crippen LogP contribution in [0.5, 0.6) is 0 Å². The van der Waals surface area contributed by atoms with Gasteiger partial charge >= 0.3 is 0 Å². The number of non-ortho nitro benzene ring substituents is 1. The van der Waals surface area contributed by atoms with Gasteiger partial charge in [-0.2, -0.15) is 4.31 Å². The van der Waals surface area contributed by atoms with Gasteiger partial charge in [-0.1, -0.05) is 36.4 Å². The molecule has 0 saturated heterocycles. The molecule has 0 bridgehead atoms. The predicted molar refractivity (Wildman–Crippen MR) is 113 cm³/mol. The van der Waals surface area contributed by atoms with Crippen LogP contribution in [-0.4, -0.2) is 43.3 Å². The fraction of sp³-hybridized carbons (Fsp3) is 0.100. The Morgan fingerprint density at radius 2 is 1.81 bits per heavy atom. The minimum Gasteiger partial charge on any atom is -0.260 e. The van der Waals surface area contributed by atoms with Crippen LogP contribution in [0.3, 0.4) is 0 Å². The number of hydrogen-bond acceptors (Lipinski definition) is 8. The first-order valence-electron chi connectivity index (χ1n) is 9.41. The molecule has 2 aromatic heterocycles. The standard InChI is InChI=1S/C20H17N7O4S/c28-27(29)18-5-3-6-19(12-18)32(30,31)26(14-17-4-1-2-11-21-17)13-15-7-9-16(10-8-15)20-22-24-25-23-20/h1-12H,13-14H2,(H,22,23,24,25). The maximum atomic E-state index is 13.4. The van der Waals surface area contributed by atoms with E-state index in [0.717, 1.165) is 11.6 Å². The van der Waals surface area contributed by atoms with Gasteiger partial charge in [0.1, 0.15) is 0 Å². The quantitative estimate of drug-likeness (QED) is 0.317. The van der Waals surface area contributed by atoms with Crippen molar-refractivity contribution in [3.8, 4) is 11.4 Å². The molecule has 11 nitrogen and oxygen atoms in total. The summed E-state index contributed by atoms with van der Waals surface area (Å²) < 4.78 is 28.1. The van der Waals surface area contributed by atoms with Gasteiger partial charge in [0.2, 0.25) is 10.0 Å². The molecule has 2 aromatic carbocycles. The van der Waals surface area contributed by atoms with E-state index < -0.39 is 14.9 Å². The molecule has 4 aromatic rings. The lowest BCUT2D eigenvalue weighted by molar-refractivity contribution is -0.385. The van der Waals surface area contributed by atoms with Gasteiger partial charge in [0.25, 0.3) is 5.69 Å². The first-order valence-corrected chi connectivity index (χ1v) is 10.8. The van der Waals surface area contributed by atoms with Crippen molar-refractivity contribution in [2.24, 2.45) is 0 Å². The van der Waals surface area contributed by atoms with Crippen molar-refractivity contribution >= 4 is 15.7 Å². The average molecular weight is 451 g/mol. The molecule has 0 aliphatic carbocycles. The van der Waals surface area contributed by atoms with Crippen molar-refractivity contribution in [3.63, 3.8) is 0 Å². The van der Waals surface area contributed by atoms with E-state index in [0.29, 0.717) is 17.1 Å². The highest BCUT2D eigenvalue weighted by Gasteiger charge is 2.27. The SMILES string of the molecule is O=[N+]([O-])c1cccc(S(=O)(=O)N(Cc2ccc(-c3nnn[nH]3)cc2)Cc2ccccn2)c1. The first kappa shape index (κ1) is 21.2. The zero-order valence-corrected chi connectivity index (χ0v) is 17.4. The van der Waals surface area contributed by atoms with Crippen LogP contribution >= 0.6 is 0 Å². The molecule has 0 unspecified atom stereocenters. The zero-order valence-electron chi connectivity index (χ0n) is 16.6. The van der Waals surface area contributed by atoms with E-state index in [1.54, 1.807) is 48.7 Å². The Morgan fingerprint density at radius 1 is 1.00 bits per heavy atom. The minimum atomic E-state index is -4.06. The van der Waals surface area contributed by atoms with E-state index >= 15 is 0 Å². The molecule has 12 heteroatoms. The van der Waals surface area contributed by atoms with Crippen molar-refractivity contribution < 1.29 is 13.3 Å². The number of pyridine rings is 1. The van der Waals surface area contributed by atoms with Gasteiger partial charge in [0, 0.05) is 30.4 Å². The Labute approximate surface area is 182 Å². The monoisotopic (exact) mass is 451 g/mol. The molecular formula is C20H17N7O4S. The van der Waals surface area contributed by atoms with E-state index in [1.165, 1.54) is 22.5 Å². The molecule has 0 aliphatic rings. The third-order valence-corrected chi connectivity index (χ3v) is 6.45. The number of sulfonamides is 1. The molecule has 0 aliphatic heterocycles. The summed E-state index contributed by atoms with van der Waals surface area (Å²) in [6, 6.07) is 17.3. The molecule has 2 heterocycles. The Balaban J connectivity index is 1.67. The van der Waals surface area contributed by atoms with Gasteiger partial charge in [0.15, 0.2) is 5.82 Å². The number of nitro benzene ring substituents is 1. The molecule has 162 valence electrons. The van der Waals surface area contributed by atoms with Crippen LogP contribution in [0.15, 0.2) is 77.8 Å². The van der Waals surface area contributed by atoms with Crippen LogP contribution < -0.4 is 0 Å². The van der Waals surface area contributed by atoms with E-state index in [-0.39, 0.29) is 23.7 Å². The van der Waals surface area contributed by atoms with Gasteiger partial charge in [-0.25, -0.2) is 13.5 Å². The summed E-state index contributed by atoms with van der Waals surface area (Å²) >= 11 is 0. The molecule has 0 spiro atoms. The lowest BCUT2D eigenvalue weighted by Crippen LogP contribution is -2.30.